The van der Waals surface area contributed by atoms with E-state index in [2.05, 4.69) is 41.2 Å². The Labute approximate surface area is 141 Å². The minimum atomic E-state index is -0.114. The third-order valence-corrected chi connectivity index (χ3v) is 3.76. The van der Waals surface area contributed by atoms with E-state index in [4.69, 9.17) is 8.94 Å². The lowest BCUT2D eigenvalue weighted by Crippen LogP contribution is -2.11. The first-order valence-electron chi connectivity index (χ1n) is 8.25. The molecule has 0 aliphatic rings. The van der Waals surface area contributed by atoms with Gasteiger partial charge in [0, 0.05) is 17.0 Å². The molecular formula is C18H24N4O2. The van der Waals surface area contributed by atoms with E-state index in [0.717, 1.165) is 28.5 Å². The SMILES string of the molecule is CC(C)c1noc([C@H](C)Nc2ccc3oc(C(C)(C)C)nc3c2)n1. The molecule has 0 aliphatic heterocycles. The van der Waals surface area contributed by atoms with Gasteiger partial charge in [-0.2, -0.15) is 4.98 Å². The van der Waals surface area contributed by atoms with E-state index in [-0.39, 0.29) is 17.4 Å². The largest absolute Gasteiger partial charge is 0.440 e. The predicted molar refractivity (Wildman–Crippen MR) is 93.1 cm³/mol. The molecule has 3 rings (SSSR count). The van der Waals surface area contributed by atoms with E-state index in [1.54, 1.807) is 0 Å². The second-order valence-corrected chi connectivity index (χ2v) is 7.46. The van der Waals surface area contributed by atoms with E-state index in [1.807, 2.05) is 39.0 Å². The van der Waals surface area contributed by atoms with Gasteiger partial charge >= 0.3 is 0 Å². The van der Waals surface area contributed by atoms with Gasteiger partial charge in [0.15, 0.2) is 11.4 Å². The number of nitrogens with one attached hydrogen (secondary N) is 1. The molecule has 2 aromatic heterocycles. The van der Waals surface area contributed by atoms with Crippen LogP contribution in [0.1, 0.15) is 71.1 Å². The highest BCUT2D eigenvalue weighted by Gasteiger charge is 2.21. The van der Waals surface area contributed by atoms with E-state index >= 15 is 0 Å². The molecule has 6 heteroatoms. The molecule has 3 aromatic rings. The highest BCUT2D eigenvalue weighted by Crippen LogP contribution is 2.28. The number of oxazole rings is 1. The topological polar surface area (TPSA) is 77.0 Å². The van der Waals surface area contributed by atoms with Gasteiger partial charge in [-0.05, 0) is 25.1 Å². The molecule has 6 nitrogen and oxygen atoms in total. The fourth-order valence-electron chi connectivity index (χ4n) is 2.31. The average molecular weight is 328 g/mol. The summed E-state index contributed by atoms with van der Waals surface area (Å²) in [5.41, 5.74) is 2.45. The monoisotopic (exact) mass is 328 g/mol. The summed E-state index contributed by atoms with van der Waals surface area (Å²) in [4.78, 5) is 9.02. The van der Waals surface area contributed by atoms with Crippen molar-refractivity contribution in [2.75, 3.05) is 5.32 Å². The Hall–Kier alpha value is -2.37. The maximum Gasteiger partial charge on any atom is 0.248 e. The molecule has 128 valence electrons. The summed E-state index contributed by atoms with van der Waals surface area (Å²) in [6.45, 7) is 12.3. The van der Waals surface area contributed by atoms with Gasteiger partial charge in [-0.15, -0.1) is 0 Å². The van der Waals surface area contributed by atoms with Crippen molar-refractivity contribution in [1.82, 2.24) is 15.1 Å². The van der Waals surface area contributed by atoms with Crippen LogP contribution in [0.5, 0.6) is 0 Å². The van der Waals surface area contributed by atoms with Crippen molar-refractivity contribution in [2.45, 2.75) is 58.9 Å². The van der Waals surface area contributed by atoms with Gasteiger partial charge < -0.3 is 14.3 Å². The summed E-state index contributed by atoms with van der Waals surface area (Å²) >= 11 is 0. The number of fused-ring (bicyclic) bond motifs is 1. The number of hydrogen-bond acceptors (Lipinski definition) is 6. The molecule has 0 spiro atoms. The number of nitrogens with zero attached hydrogens (tertiary/aromatic N) is 3. The molecule has 0 saturated heterocycles. The van der Waals surface area contributed by atoms with Crippen LogP contribution in [0.3, 0.4) is 0 Å². The van der Waals surface area contributed by atoms with Crippen molar-refractivity contribution in [3.05, 3.63) is 35.8 Å². The van der Waals surface area contributed by atoms with Gasteiger partial charge in [0.25, 0.3) is 0 Å². The molecule has 2 heterocycles. The average Bonchev–Trinajstić information content (AvgIpc) is 3.13. The minimum Gasteiger partial charge on any atom is -0.440 e. The maximum atomic E-state index is 5.83. The molecule has 1 aromatic carbocycles. The number of benzene rings is 1. The van der Waals surface area contributed by atoms with Crippen LogP contribution < -0.4 is 5.32 Å². The van der Waals surface area contributed by atoms with Crippen LogP contribution >= 0.6 is 0 Å². The van der Waals surface area contributed by atoms with Crippen LogP contribution in [0.2, 0.25) is 0 Å². The van der Waals surface area contributed by atoms with Crippen LogP contribution in [-0.2, 0) is 5.41 Å². The zero-order valence-corrected chi connectivity index (χ0v) is 15.0. The third kappa shape index (κ3) is 3.27. The molecule has 1 atom stereocenters. The Balaban J connectivity index is 1.81. The first-order chi connectivity index (χ1) is 11.2. The van der Waals surface area contributed by atoms with E-state index in [9.17, 15) is 0 Å². The smallest absolute Gasteiger partial charge is 0.248 e. The van der Waals surface area contributed by atoms with E-state index in [0.29, 0.717) is 5.89 Å². The molecular weight excluding hydrogens is 304 g/mol. The van der Waals surface area contributed by atoms with Gasteiger partial charge in [0.1, 0.15) is 11.6 Å². The van der Waals surface area contributed by atoms with E-state index in [1.165, 1.54) is 0 Å². The molecule has 0 radical (unpaired) electrons. The van der Waals surface area contributed by atoms with Gasteiger partial charge in [-0.3, -0.25) is 0 Å². The number of anilines is 1. The first-order valence-corrected chi connectivity index (χ1v) is 8.25. The quantitative estimate of drug-likeness (QED) is 0.741. The van der Waals surface area contributed by atoms with Gasteiger partial charge in [-0.25, -0.2) is 4.98 Å². The molecule has 0 aliphatic carbocycles. The van der Waals surface area contributed by atoms with Crippen molar-refractivity contribution in [1.29, 1.82) is 0 Å². The normalized spacial score (nSPS) is 13.6. The molecule has 1 N–H and O–H groups in total. The van der Waals surface area contributed by atoms with Crippen molar-refractivity contribution in [3.8, 4) is 0 Å². The van der Waals surface area contributed by atoms with Crippen LogP contribution in [0.15, 0.2) is 27.1 Å². The van der Waals surface area contributed by atoms with Crippen LogP contribution in [0.4, 0.5) is 5.69 Å². The maximum absolute atomic E-state index is 5.83. The van der Waals surface area contributed by atoms with Crippen LogP contribution in [-0.4, -0.2) is 15.1 Å². The summed E-state index contributed by atoms with van der Waals surface area (Å²) in [5.74, 6) is 2.29. The summed E-state index contributed by atoms with van der Waals surface area (Å²) in [7, 11) is 0. The molecule has 0 unspecified atom stereocenters. The lowest BCUT2D eigenvalue weighted by Gasteiger charge is -2.11. The van der Waals surface area contributed by atoms with Gasteiger partial charge in [0.2, 0.25) is 11.8 Å². The zero-order valence-electron chi connectivity index (χ0n) is 15.0. The molecule has 0 amide bonds. The fraction of sp³-hybridized carbons (Fsp3) is 0.500. The first kappa shape index (κ1) is 16.5. The van der Waals surface area contributed by atoms with Crippen molar-refractivity contribution < 1.29 is 8.94 Å². The van der Waals surface area contributed by atoms with Crippen molar-refractivity contribution >= 4 is 16.8 Å². The van der Waals surface area contributed by atoms with Crippen LogP contribution in [0, 0.1) is 0 Å². The summed E-state index contributed by atoms with van der Waals surface area (Å²) in [6.07, 6.45) is 0. The highest BCUT2D eigenvalue weighted by molar-refractivity contribution is 5.77. The van der Waals surface area contributed by atoms with Crippen LogP contribution in [0.25, 0.3) is 11.1 Å². The van der Waals surface area contributed by atoms with Gasteiger partial charge in [-0.1, -0.05) is 39.8 Å². The summed E-state index contributed by atoms with van der Waals surface area (Å²) in [5, 5.41) is 7.38. The minimum absolute atomic E-state index is 0.0866. The highest BCUT2D eigenvalue weighted by atomic mass is 16.5. The number of rotatable bonds is 4. The second kappa shape index (κ2) is 5.92. The standard InChI is InChI=1S/C18H24N4O2/c1-10(2)15-21-16(24-22-15)11(3)19-12-7-8-14-13(9-12)20-17(23-14)18(4,5)6/h7-11,19H,1-6H3/t11-/m0/s1. The summed E-state index contributed by atoms with van der Waals surface area (Å²) < 4.78 is 11.2. The zero-order chi connectivity index (χ0) is 17.5. The Kier molecular flexibility index (Phi) is 4.07. The Bertz CT molecular complexity index is 842. The third-order valence-electron chi connectivity index (χ3n) is 3.76. The van der Waals surface area contributed by atoms with Crippen molar-refractivity contribution in [3.63, 3.8) is 0 Å². The molecule has 0 saturated carbocycles. The predicted octanol–water partition coefficient (Wildman–Crippen LogP) is 4.80. The lowest BCUT2D eigenvalue weighted by molar-refractivity contribution is 0.361. The van der Waals surface area contributed by atoms with Crippen molar-refractivity contribution in [2.24, 2.45) is 0 Å². The molecule has 0 fully saturated rings. The molecule has 0 bridgehead atoms. The Morgan fingerprint density at radius 3 is 2.46 bits per heavy atom. The lowest BCUT2D eigenvalue weighted by atomic mass is 9.97. The second-order valence-electron chi connectivity index (χ2n) is 7.46. The van der Waals surface area contributed by atoms with Gasteiger partial charge in [0.05, 0.1) is 0 Å². The number of aromatic nitrogens is 3. The summed E-state index contributed by atoms with van der Waals surface area (Å²) in [6, 6.07) is 5.79. The molecule has 24 heavy (non-hydrogen) atoms. The fourth-order valence-corrected chi connectivity index (χ4v) is 2.31. The Morgan fingerprint density at radius 2 is 1.83 bits per heavy atom. The Morgan fingerprint density at radius 1 is 1.08 bits per heavy atom. The number of hydrogen-bond donors (Lipinski definition) is 1. The van der Waals surface area contributed by atoms with E-state index < -0.39 is 0 Å².